The fraction of sp³-hybridized carbons (Fsp3) is 0.391. The van der Waals surface area contributed by atoms with Crippen LogP contribution in [-0.4, -0.2) is 34.9 Å². The van der Waals surface area contributed by atoms with E-state index in [2.05, 4.69) is 5.32 Å². The third kappa shape index (κ3) is 4.88. The van der Waals surface area contributed by atoms with E-state index < -0.39 is 6.04 Å². The summed E-state index contributed by atoms with van der Waals surface area (Å²) in [4.78, 5) is 20.4. The summed E-state index contributed by atoms with van der Waals surface area (Å²) < 4.78 is 0. The van der Waals surface area contributed by atoms with Crippen LogP contribution < -0.4 is 10.2 Å². The van der Waals surface area contributed by atoms with Crippen LogP contribution in [0.2, 0.25) is 5.02 Å². The van der Waals surface area contributed by atoms with E-state index in [9.17, 15) is 4.79 Å². The monoisotopic (exact) mass is 457 g/mol. The maximum atomic E-state index is 12.7. The zero-order valence-electron chi connectivity index (χ0n) is 18.7. The molecule has 0 aliphatic carbocycles. The molecular formula is C23H28ClN5OS. The Morgan fingerprint density at radius 1 is 1.26 bits per heavy atom. The Labute approximate surface area is 192 Å². The highest BCUT2D eigenvalue weighted by atomic mass is 35.5. The second-order valence-corrected chi connectivity index (χ2v) is 10.4. The highest BCUT2D eigenvalue weighted by Gasteiger charge is 2.35. The number of hydrogen-bond donors (Lipinski definition) is 3. The zero-order chi connectivity index (χ0) is 23.1. The molecule has 2 aromatic rings. The molecule has 1 aromatic carbocycles. The van der Waals surface area contributed by atoms with Crippen LogP contribution in [0.25, 0.3) is 0 Å². The van der Waals surface area contributed by atoms with Gasteiger partial charge in [0.1, 0.15) is 22.7 Å². The molecule has 1 aliphatic rings. The lowest BCUT2D eigenvalue weighted by Gasteiger charge is -2.26. The molecule has 1 amide bonds. The summed E-state index contributed by atoms with van der Waals surface area (Å²) >= 11 is 7.64. The minimum Gasteiger partial charge on any atom is -0.351 e. The molecule has 1 unspecified atom stereocenters. The summed E-state index contributed by atoms with van der Waals surface area (Å²) in [5.74, 6) is 0.173. The predicted molar refractivity (Wildman–Crippen MR) is 131 cm³/mol. The van der Waals surface area contributed by atoms with Crippen molar-refractivity contribution in [1.82, 2.24) is 5.32 Å². The van der Waals surface area contributed by atoms with Crippen molar-refractivity contribution in [3.63, 3.8) is 0 Å². The summed E-state index contributed by atoms with van der Waals surface area (Å²) in [7, 11) is 0. The van der Waals surface area contributed by atoms with E-state index in [-0.39, 0.29) is 29.5 Å². The van der Waals surface area contributed by atoms with Gasteiger partial charge in [-0.1, -0.05) is 23.7 Å². The topological polar surface area (TPSA) is 92.4 Å². The standard InChI is InChI=1S/C23H28ClN5OS/c1-12-13(2)31-22-19(12)20(15-7-9-16(24)10-8-15)27-17(21(26)29(22)14(3)25)11-18(30)28-23(4,5)6/h7-10,17,25-26H,11H2,1-6H3,(H,28,30). The first-order valence-electron chi connectivity index (χ1n) is 10.1. The number of nitrogens with zero attached hydrogens (tertiary/aromatic N) is 2. The van der Waals surface area contributed by atoms with Crippen molar-refractivity contribution < 1.29 is 4.79 Å². The van der Waals surface area contributed by atoms with Gasteiger partial charge in [-0.3, -0.25) is 25.5 Å². The minimum absolute atomic E-state index is 0.0317. The number of nitrogens with one attached hydrogen (secondary N) is 3. The average molecular weight is 458 g/mol. The Balaban J connectivity index is 2.19. The number of rotatable bonds is 3. The third-order valence-corrected chi connectivity index (χ3v) is 6.44. The number of carbonyl (C=O) groups excluding carboxylic acids is 1. The number of anilines is 1. The average Bonchev–Trinajstić information content (AvgIpc) is 2.85. The van der Waals surface area contributed by atoms with Crippen LogP contribution in [0.3, 0.4) is 0 Å². The number of hydrogen-bond acceptors (Lipinski definition) is 5. The highest BCUT2D eigenvalue weighted by Crippen LogP contribution is 2.40. The molecule has 164 valence electrons. The van der Waals surface area contributed by atoms with Crippen molar-refractivity contribution >= 4 is 51.2 Å². The van der Waals surface area contributed by atoms with Crippen LogP contribution in [0.4, 0.5) is 5.00 Å². The van der Waals surface area contributed by atoms with Crippen LogP contribution in [0.15, 0.2) is 29.3 Å². The van der Waals surface area contributed by atoms with E-state index in [1.807, 2.05) is 58.9 Å². The fourth-order valence-corrected chi connectivity index (χ4v) is 4.88. The number of carbonyl (C=O) groups is 1. The predicted octanol–water partition coefficient (Wildman–Crippen LogP) is 5.32. The van der Waals surface area contributed by atoms with Crippen LogP contribution in [0.1, 0.15) is 55.7 Å². The molecule has 8 heteroatoms. The van der Waals surface area contributed by atoms with Crippen molar-refractivity contribution in [3.8, 4) is 0 Å². The molecule has 1 aliphatic heterocycles. The van der Waals surface area contributed by atoms with Gasteiger partial charge in [-0.15, -0.1) is 11.3 Å². The van der Waals surface area contributed by atoms with E-state index in [1.54, 1.807) is 11.8 Å². The third-order valence-electron chi connectivity index (χ3n) is 4.99. The molecule has 3 rings (SSSR count). The van der Waals surface area contributed by atoms with Gasteiger partial charge < -0.3 is 5.32 Å². The van der Waals surface area contributed by atoms with E-state index in [1.165, 1.54) is 11.3 Å². The molecule has 3 N–H and O–H groups in total. The minimum atomic E-state index is -0.715. The summed E-state index contributed by atoms with van der Waals surface area (Å²) in [6.07, 6.45) is 0.0317. The van der Waals surface area contributed by atoms with Gasteiger partial charge in [0.25, 0.3) is 0 Å². The number of thiophene rings is 1. The molecule has 0 spiro atoms. The first-order valence-corrected chi connectivity index (χ1v) is 11.3. The molecule has 0 saturated carbocycles. The summed E-state index contributed by atoms with van der Waals surface area (Å²) in [5.41, 5.74) is 3.17. The molecule has 0 saturated heterocycles. The number of aliphatic imine (C=N–C) groups is 1. The van der Waals surface area contributed by atoms with Crippen LogP contribution in [0, 0.1) is 24.7 Å². The van der Waals surface area contributed by atoms with Crippen molar-refractivity contribution in [2.24, 2.45) is 4.99 Å². The van der Waals surface area contributed by atoms with E-state index >= 15 is 0 Å². The lowest BCUT2D eigenvalue weighted by Crippen LogP contribution is -2.45. The van der Waals surface area contributed by atoms with Gasteiger partial charge >= 0.3 is 0 Å². The number of halogens is 1. The van der Waals surface area contributed by atoms with Crippen LogP contribution in [-0.2, 0) is 4.79 Å². The number of amidine groups is 2. The molecule has 1 aromatic heterocycles. The molecule has 31 heavy (non-hydrogen) atoms. The lowest BCUT2D eigenvalue weighted by atomic mass is 9.99. The quantitative estimate of drug-likeness (QED) is 0.429. The van der Waals surface area contributed by atoms with Gasteiger partial charge in [0.15, 0.2) is 0 Å². The smallest absolute Gasteiger partial charge is 0.223 e. The maximum absolute atomic E-state index is 12.7. The molecule has 0 radical (unpaired) electrons. The van der Waals surface area contributed by atoms with Crippen LogP contribution in [0.5, 0.6) is 0 Å². The normalized spacial score (nSPS) is 16.5. The largest absolute Gasteiger partial charge is 0.351 e. The maximum Gasteiger partial charge on any atom is 0.223 e. The fourth-order valence-electron chi connectivity index (χ4n) is 3.53. The van der Waals surface area contributed by atoms with E-state index in [0.29, 0.717) is 5.02 Å². The van der Waals surface area contributed by atoms with Gasteiger partial charge in [-0.2, -0.15) is 0 Å². The first kappa shape index (κ1) is 23.2. The Bertz CT molecular complexity index is 1080. The highest BCUT2D eigenvalue weighted by molar-refractivity contribution is 7.17. The van der Waals surface area contributed by atoms with Crippen molar-refractivity contribution in [3.05, 3.63) is 50.9 Å². The number of aryl methyl sites for hydroxylation is 1. The second kappa shape index (κ2) is 8.55. The van der Waals surface area contributed by atoms with Crippen molar-refractivity contribution in [1.29, 1.82) is 10.8 Å². The molecule has 6 nitrogen and oxygen atoms in total. The van der Waals surface area contributed by atoms with E-state index in [0.717, 1.165) is 32.3 Å². The molecule has 0 fully saturated rings. The first-order chi connectivity index (χ1) is 14.4. The van der Waals surface area contributed by atoms with Crippen molar-refractivity contribution in [2.45, 2.75) is 59.5 Å². The Morgan fingerprint density at radius 2 is 1.87 bits per heavy atom. The number of benzene rings is 1. The van der Waals surface area contributed by atoms with Gasteiger partial charge in [0.05, 0.1) is 12.1 Å². The van der Waals surface area contributed by atoms with Crippen LogP contribution >= 0.6 is 22.9 Å². The molecule has 0 bridgehead atoms. The lowest BCUT2D eigenvalue weighted by molar-refractivity contribution is -0.122. The zero-order valence-corrected chi connectivity index (χ0v) is 20.3. The van der Waals surface area contributed by atoms with Gasteiger partial charge in [0.2, 0.25) is 5.91 Å². The molecule has 2 heterocycles. The second-order valence-electron chi connectivity index (χ2n) is 8.77. The SMILES string of the molecule is CC(=N)N1C(=N)C(CC(=O)NC(C)(C)C)N=C(c2ccc(Cl)cc2)c2c1sc(C)c2C. The molecular weight excluding hydrogens is 430 g/mol. The number of amides is 1. The Kier molecular flexibility index (Phi) is 6.39. The number of fused-ring (bicyclic) bond motifs is 1. The van der Waals surface area contributed by atoms with Gasteiger partial charge in [-0.25, -0.2) is 0 Å². The van der Waals surface area contributed by atoms with Crippen molar-refractivity contribution in [2.75, 3.05) is 4.90 Å². The summed E-state index contributed by atoms with van der Waals surface area (Å²) in [6, 6.07) is 6.71. The Hall–Kier alpha value is -2.51. The van der Waals surface area contributed by atoms with Gasteiger partial charge in [0, 0.05) is 26.6 Å². The summed E-state index contributed by atoms with van der Waals surface area (Å²) in [5, 5.41) is 21.6. The summed E-state index contributed by atoms with van der Waals surface area (Å²) in [6.45, 7) is 11.5. The molecule has 1 atom stereocenters. The Morgan fingerprint density at radius 3 is 2.42 bits per heavy atom. The van der Waals surface area contributed by atoms with E-state index in [4.69, 9.17) is 27.4 Å². The van der Waals surface area contributed by atoms with Gasteiger partial charge in [-0.05, 0) is 59.2 Å².